The molecule has 1 N–H and O–H groups in total. The van der Waals surface area contributed by atoms with Crippen molar-refractivity contribution in [1.82, 2.24) is 10.2 Å². The second-order valence-corrected chi connectivity index (χ2v) is 3.88. The van der Waals surface area contributed by atoms with E-state index in [0.717, 1.165) is 26.1 Å². The Morgan fingerprint density at radius 1 is 1.43 bits per heavy atom. The number of rotatable bonds is 4. The van der Waals surface area contributed by atoms with Gasteiger partial charge in [-0.1, -0.05) is 0 Å². The van der Waals surface area contributed by atoms with Crippen LogP contribution in [-0.4, -0.2) is 44.3 Å². The summed E-state index contributed by atoms with van der Waals surface area (Å²) in [6.45, 7) is 2.67. The van der Waals surface area contributed by atoms with Crippen LogP contribution in [0.4, 0.5) is 13.2 Å². The average Bonchev–Trinajstić information content (AvgIpc) is 2.49. The second kappa shape index (κ2) is 4.98. The molecule has 1 rings (SSSR count). The van der Waals surface area contributed by atoms with Gasteiger partial charge in [-0.15, -0.1) is 0 Å². The van der Waals surface area contributed by atoms with Crippen molar-refractivity contribution in [3.63, 3.8) is 0 Å². The van der Waals surface area contributed by atoms with Gasteiger partial charge < -0.3 is 10.2 Å². The fourth-order valence-electron chi connectivity index (χ4n) is 1.86. The standard InChI is InChI=1S/C9H17F3N2/c1-13-6-8-2-4-14(7-8)5-3-9(10,11)12/h8,13H,2-7H2,1H3. The zero-order valence-electron chi connectivity index (χ0n) is 8.40. The van der Waals surface area contributed by atoms with Crippen LogP contribution in [0, 0.1) is 5.92 Å². The maximum atomic E-state index is 11.9. The predicted molar refractivity (Wildman–Crippen MR) is 49.1 cm³/mol. The maximum absolute atomic E-state index is 11.9. The Hall–Kier alpha value is -0.290. The first-order chi connectivity index (χ1) is 6.51. The van der Waals surface area contributed by atoms with Gasteiger partial charge in [0.2, 0.25) is 0 Å². The first kappa shape index (κ1) is 11.8. The lowest BCUT2D eigenvalue weighted by Gasteiger charge is -2.16. The largest absolute Gasteiger partial charge is 0.390 e. The Balaban J connectivity index is 2.16. The zero-order valence-corrected chi connectivity index (χ0v) is 8.40. The van der Waals surface area contributed by atoms with Crippen molar-refractivity contribution in [1.29, 1.82) is 0 Å². The molecule has 84 valence electrons. The van der Waals surface area contributed by atoms with Crippen LogP contribution in [0.3, 0.4) is 0 Å². The normalized spacial score (nSPS) is 24.4. The zero-order chi connectivity index (χ0) is 10.6. The van der Waals surface area contributed by atoms with E-state index in [2.05, 4.69) is 5.32 Å². The highest BCUT2D eigenvalue weighted by atomic mass is 19.4. The molecular weight excluding hydrogens is 193 g/mol. The topological polar surface area (TPSA) is 15.3 Å². The van der Waals surface area contributed by atoms with Crippen LogP contribution in [0.25, 0.3) is 0 Å². The van der Waals surface area contributed by atoms with Gasteiger partial charge in [-0.25, -0.2) is 0 Å². The highest BCUT2D eigenvalue weighted by molar-refractivity contribution is 4.77. The minimum atomic E-state index is -4.01. The van der Waals surface area contributed by atoms with E-state index in [-0.39, 0.29) is 6.54 Å². The summed E-state index contributed by atoms with van der Waals surface area (Å²) < 4.78 is 35.7. The number of halogens is 3. The van der Waals surface area contributed by atoms with E-state index in [0.29, 0.717) is 5.92 Å². The molecule has 14 heavy (non-hydrogen) atoms. The number of hydrogen-bond acceptors (Lipinski definition) is 2. The van der Waals surface area contributed by atoms with Gasteiger partial charge in [0.05, 0.1) is 6.42 Å². The van der Waals surface area contributed by atoms with Crippen molar-refractivity contribution in [2.75, 3.05) is 33.2 Å². The minimum Gasteiger partial charge on any atom is -0.319 e. The summed E-state index contributed by atoms with van der Waals surface area (Å²) >= 11 is 0. The first-order valence-electron chi connectivity index (χ1n) is 4.95. The molecule has 0 aliphatic carbocycles. The van der Waals surface area contributed by atoms with Crippen molar-refractivity contribution >= 4 is 0 Å². The van der Waals surface area contributed by atoms with Crippen molar-refractivity contribution < 1.29 is 13.2 Å². The summed E-state index contributed by atoms with van der Waals surface area (Å²) in [5.41, 5.74) is 0. The van der Waals surface area contributed by atoms with Crippen LogP contribution in [0.1, 0.15) is 12.8 Å². The van der Waals surface area contributed by atoms with Gasteiger partial charge in [-0.3, -0.25) is 0 Å². The Morgan fingerprint density at radius 3 is 2.71 bits per heavy atom. The van der Waals surface area contributed by atoms with Crippen LogP contribution in [0.2, 0.25) is 0 Å². The molecule has 1 unspecified atom stereocenters. The fraction of sp³-hybridized carbons (Fsp3) is 1.00. The van der Waals surface area contributed by atoms with Crippen molar-refractivity contribution in [2.45, 2.75) is 19.0 Å². The molecule has 0 saturated carbocycles. The van der Waals surface area contributed by atoms with Gasteiger partial charge in [-0.05, 0) is 32.5 Å². The monoisotopic (exact) mass is 210 g/mol. The Bertz CT molecular complexity index is 170. The van der Waals surface area contributed by atoms with Crippen LogP contribution in [0.5, 0.6) is 0 Å². The molecule has 0 aromatic carbocycles. The van der Waals surface area contributed by atoms with Crippen molar-refractivity contribution in [3.05, 3.63) is 0 Å². The summed E-state index contributed by atoms with van der Waals surface area (Å²) in [7, 11) is 1.87. The number of nitrogens with zero attached hydrogens (tertiary/aromatic N) is 1. The number of likely N-dealkylation sites (tertiary alicyclic amines) is 1. The molecule has 1 saturated heterocycles. The van der Waals surface area contributed by atoms with Crippen LogP contribution >= 0.6 is 0 Å². The molecule has 0 bridgehead atoms. The first-order valence-corrected chi connectivity index (χ1v) is 4.95. The van der Waals surface area contributed by atoms with E-state index in [1.54, 1.807) is 0 Å². The summed E-state index contributed by atoms with van der Waals surface area (Å²) in [5, 5.41) is 3.05. The Morgan fingerprint density at radius 2 is 2.14 bits per heavy atom. The third-order valence-electron chi connectivity index (χ3n) is 2.57. The Kier molecular flexibility index (Phi) is 4.19. The van der Waals surface area contributed by atoms with Gasteiger partial charge in [0.25, 0.3) is 0 Å². The molecule has 0 aromatic rings. The van der Waals surface area contributed by atoms with Gasteiger partial charge in [0.1, 0.15) is 0 Å². The average molecular weight is 210 g/mol. The molecule has 0 aromatic heterocycles. The second-order valence-electron chi connectivity index (χ2n) is 3.88. The lowest BCUT2D eigenvalue weighted by molar-refractivity contribution is -0.137. The summed E-state index contributed by atoms with van der Waals surface area (Å²) in [5.74, 6) is 0.522. The predicted octanol–water partition coefficient (Wildman–Crippen LogP) is 1.48. The molecule has 1 fully saturated rings. The van der Waals surface area contributed by atoms with E-state index in [1.807, 2.05) is 11.9 Å². The van der Waals surface area contributed by atoms with E-state index < -0.39 is 12.6 Å². The third-order valence-corrected chi connectivity index (χ3v) is 2.57. The van der Waals surface area contributed by atoms with E-state index in [1.165, 1.54) is 0 Å². The van der Waals surface area contributed by atoms with Gasteiger partial charge in [-0.2, -0.15) is 13.2 Å². The molecule has 1 aliphatic heterocycles. The molecule has 2 nitrogen and oxygen atoms in total. The molecular formula is C9H17F3N2. The summed E-state index contributed by atoms with van der Waals surface area (Å²) in [6.07, 6.45) is -3.68. The molecule has 0 radical (unpaired) electrons. The maximum Gasteiger partial charge on any atom is 0.390 e. The molecule has 1 aliphatic rings. The summed E-state index contributed by atoms with van der Waals surface area (Å²) in [6, 6.07) is 0. The Labute approximate surface area is 82.5 Å². The SMILES string of the molecule is CNCC1CCN(CCC(F)(F)F)C1. The number of nitrogens with one attached hydrogen (secondary N) is 1. The van der Waals surface area contributed by atoms with E-state index in [4.69, 9.17) is 0 Å². The number of hydrogen-bond donors (Lipinski definition) is 1. The highest BCUT2D eigenvalue weighted by Gasteiger charge is 2.30. The lowest BCUT2D eigenvalue weighted by Crippen LogP contribution is -2.28. The highest BCUT2D eigenvalue weighted by Crippen LogP contribution is 2.22. The molecule has 0 amide bonds. The fourth-order valence-corrected chi connectivity index (χ4v) is 1.86. The molecule has 5 heteroatoms. The van der Waals surface area contributed by atoms with Crippen LogP contribution < -0.4 is 5.32 Å². The summed E-state index contributed by atoms with van der Waals surface area (Å²) in [4.78, 5) is 1.90. The van der Waals surface area contributed by atoms with Gasteiger partial charge in [0.15, 0.2) is 0 Å². The van der Waals surface area contributed by atoms with Crippen LogP contribution in [0.15, 0.2) is 0 Å². The van der Waals surface area contributed by atoms with E-state index in [9.17, 15) is 13.2 Å². The van der Waals surface area contributed by atoms with Crippen LogP contribution in [-0.2, 0) is 0 Å². The van der Waals surface area contributed by atoms with Crippen molar-refractivity contribution in [3.8, 4) is 0 Å². The quantitative estimate of drug-likeness (QED) is 0.756. The molecule has 1 atom stereocenters. The van der Waals surface area contributed by atoms with Gasteiger partial charge in [0, 0.05) is 13.1 Å². The smallest absolute Gasteiger partial charge is 0.319 e. The molecule has 0 spiro atoms. The third kappa shape index (κ3) is 4.28. The van der Waals surface area contributed by atoms with Crippen molar-refractivity contribution in [2.24, 2.45) is 5.92 Å². The number of alkyl halides is 3. The lowest BCUT2D eigenvalue weighted by atomic mass is 10.1. The minimum absolute atomic E-state index is 0.156. The molecule has 1 heterocycles. The van der Waals surface area contributed by atoms with E-state index >= 15 is 0 Å². The van der Waals surface area contributed by atoms with Gasteiger partial charge >= 0.3 is 6.18 Å².